The van der Waals surface area contributed by atoms with E-state index in [1.54, 1.807) is 6.07 Å². The molecule has 104 valence electrons. The maximum Gasteiger partial charge on any atom is 0.126 e. The van der Waals surface area contributed by atoms with Gasteiger partial charge < -0.3 is 10.6 Å². The minimum atomic E-state index is 0.0387. The van der Waals surface area contributed by atoms with Crippen LogP contribution in [0.25, 0.3) is 0 Å². The summed E-state index contributed by atoms with van der Waals surface area (Å²) in [6.07, 6.45) is 1.11. The maximum absolute atomic E-state index is 7.73. The molecule has 0 bridgehead atoms. The second kappa shape index (κ2) is 5.63. The zero-order chi connectivity index (χ0) is 14.0. The first-order valence-corrected chi connectivity index (χ1v) is 7.79. The molecule has 0 unspecified atom stereocenters. The van der Waals surface area contributed by atoms with Gasteiger partial charge >= 0.3 is 0 Å². The first kappa shape index (κ1) is 14.5. The van der Waals surface area contributed by atoms with E-state index in [4.69, 9.17) is 22.7 Å². The molecule has 5 heteroatoms. The van der Waals surface area contributed by atoms with Gasteiger partial charge in [-0.15, -0.1) is 0 Å². The van der Waals surface area contributed by atoms with Crippen LogP contribution in [0.15, 0.2) is 18.2 Å². The second-order valence-corrected chi connectivity index (χ2v) is 7.60. The van der Waals surface area contributed by atoms with Crippen LogP contribution < -0.4 is 10.6 Å². The highest BCUT2D eigenvalue weighted by Crippen LogP contribution is 2.34. The lowest BCUT2D eigenvalue weighted by Crippen LogP contribution is -2.29. The Morgan fingerprint density at radius 3 is 2.84 bits per heavy atom. The fourth-order valence-corrected chi connectivity index (χ4v) is 3.68. The molecule has 0 radical (unpaired) electrons. The van der Waals surface area contributed by atoms with Crippen LogP contribution in [-0.2, 0) is 0 Å². The Labute approximate surface area is 124 Å². The van der Waals surface area contributed by atoms with Crippen molar-refractivity contribution in [3.63, 3.8) is 0 Å². The van der Waals surface area contributed by atoms with Crippen LogP contribution in [0.3, 0.4) is 0 Å². The van der Waals surface area contributed by atoms with Crippen molar-refractivity contribution in [2.75, 3.05) is 23.7 Å². The summed E-state index contributed by atoms with van der Waals surface area (Å²) in [4.78, 5) is 2.30. The molecule has 2 rings (SSSR count). The lowest BCUT2D eigenvalue weighted by Gasteiger charge is -2.26. The minimum Gasteiger partial charge on any atom is -0.384 e. The number of amidine groups is 1. The molecule has 1 aliphatic heterocycles. The van der Waals surface area contributed by atoms with Crippen LogP contribution in [0, 0.1) is 5.41 Å². The summed E-state index contributed by atoms with van der Waals surface area (Å²) in [5, 5.41) is 8.29. The molecule has 3 nitrogen and oxygen atoms in total. The first-order valence-electron chi connectivity index (χ1n) is 6.42. The Morgan fingerprint density at radius 2 is 2.16 bits per heavy atom. The Morgan fingerprint density at radius 1 is 1.42 bits per heavy atom. The molecule has 0 amide bonds. The third kappa shape index (κ3) is 3.37. The zero-order valence-electron chi connectivity index (χ0n) is 11.4. The molecule has 19 heavy (non-hydrogen) atoms. The lowest BCUT2D eigenvalue weighted by molar-refractivity contribution is 0.637. The van der Waals surface area contributed by atoms with E-state index in [9.17, 15) is 0 Å². The van der Waals surface area contributed by atoms with Crippen molar-refractivity contribution in [3.05, 3.63) is 28.8 Å². The fourth-order valence-electron chi connectivity index (χ4n) is 2.30. The van der Waals surface area contributed by atoms with Gasteiger partial charge in [0.25, 0.3) is 0 Å². The van der Waals surface area contributed by atoms with E-state index < -0.39 is 0 Å². The van der Waals surface area contributed by atoms with Crippen molar-refractivity contribution in [2.24, 2.45) is 5.73 Å². The summed E-state index contributed by atoms with van der Waals surface area (Å²) >= 11 is 8.19. The van der Waals surface area contributed by atoms with Gasteiger partial charge in [-0.05, 0) is 18.6 Å². The third-order valence-corrected chi connectivity index (χ3v) is 5.13. The number of hydrogen-bond donors (Lipinski definition) is 2. The summed E-state index contributed by atoms with van der Waals surface area (Å²) in [6, 6.07) is 5.72. The maximum atomic E-state index is 7.73. The molecular weight excluding hydrogens is 278 g/mol. The van der Waals surface area contributed by atoms with E-state index in [-0.39, 0.29) is 5.84 Å². The average Bonchev–Trinajstić information content (AvgIpc) is 2.49. The minimum absolute atomic E-state index is 0.0387. The van der Waals surface area contributed by atoms with Crippen molar-refractivity contribution < 1.29 is 0 Å². The summed E-state index contributed by atoms with van der Waals surface area (Å²) < 4.78 is 0.309. The summed E-state index contributed by atoms with van der Waals surface area (Å²) in [6.45, 7) is 6.51. The molecule has 0 aromatic heterocycles. The van der Waals surface area contributed by atoms with Crippen molar-refractivity contribution in [3.8, 4) is 0 Å². The molecule has 1 aliphatic rings. The SMILES string of the molecule is CC1(C)CCN(c2cccc(Cl)c2C(=N)N)CCS1. The molecule has 1 fully saturated rings. The van der Waals surface area contributed by atoms with E-state index >= 15 is 0 Å². The zero-order valence-corrected chi connectivity index (χ0v) is 12.9. The topological polar surface area (TPSA) is 53.1 Å². The molecule has 0 aliphatic carbocycles. The molecule has 0 spiro atoms. The van der Waals surface area contributed by atoms with Gasteiger partial charge in [0.2, 0.25) is 0 Å². The predicted molar refractivity (Wildman–Crippen MR) is 85.8 cm³/mol. The van der Waals surface area contributed by atoms with E-state index in [1.807, 2.05) is 23.9 Å². The number of nitrogens with zero attached hydrogens (tertiary/aromatic N) is 1. The van der Waals surface area contributed by atoms with Crippen LogP contribution in [-0.4, -0.2) is 29.4 Å². The number of thioether (sulfide) groups is 1. The van der Waals surface area contributed by atoms with E-state index in [2.05, 4.69) is 18.7 Å². The normalized spacial score (nSPS) is 19.0. The van der Waals surface area contributed by atoms with Gasteiger partial charge in [0.1, 0.15) is 5.84 Å². The Kier molecular flexibility index (Phi) is 4.31. The quantitative estimate of drug-likeness (QED) is 0.650. The number of rotatable bonds is 2. The van der Waals surface area contributed by atoms with Gasteiger partial charge in [0, 0.05) is 29.3 Å². The third-order valence-electron chi connectivity index (χ3n) is 3.44. The average molecular weight is 298 g/mol. The Hall–Kier alpha value is -0.870. The molecule has 1 aromatic rings. The number of nitrogens with one attached hydrogen (secondary N) is 1. The van der Waals surface area contributed by atoms with E-state index in [0.29, 0.717) is 15.3 Å². The van der Waals surface area contributed by atoms with E-state index in [1.165, 1.54) is 0 Å². The molecule has 3 N–H and O–H groups in total. The highest BCUT2D eigenvalue weighted by molar-refractivity contribution is 8.00. The number of halogens is 1. The summed E-state index contributed by atoms with van der Waals surface area (Å²) in [5.41, 5.74) is 7.33. The van der Waals surface area contributed by atoms with Crippen LogP contribution >= 0.6 is 23.4 Å². The molecule has 1 heterocycles. The molecule has 0 atom stereocenters. The highest BCUT2D eigenvalue weighted by Gasteiger charge is 2.25. The van der Waals surface area contributed by atoms with Crippen LogP contribution in [0.5, 0.6) is 0 Å². The Balaban J connectivity index is 2.32. The monoisotopic (exact) mass is 297 g/mol. The number of nitrogen functional groups attached to an aromatic ring is 1. The van der Waals surface area contributed by atoms with Crippen LogP contribution in [0.4, 0.5) is 5.69 Å². The first-order chi connectivity index (χ1) is 8.91. The number of hydrogen-bond acceptors (Lipinski definition) is 3. The number of anilines is 1. The number of nitrogens with two attached hydrogens (primary N) is 1. The predicted octanol–water partition coefficient (Wildman–Crippen LogP) is 3.35. The van der Waals surface area contributed by atoms with Crippen molar-refractivity contribution in [2.45, 2.75) is 25.0 Å². The van der Waals surface area contributed by atoms with E-state index in [0.717, 1.165) is 31.0 Å². The number of benzene rings is 1. The summed E-state index contributed by atoms with van der Waals surface area (Å²) in [5.74, 6) is 1.12. The molecule has 1 aromatic carbocycles. The van der Waals surface area contributed by atoms with Crippen molar-refractivity contribution in [1.82, 2.24) is 0 Å². The standard InChI is InChI=1S/C14H20ClN3S/c1-14(2)6-7-18(8-9-19-14)11-5-3-4-10(15)12(11)13(16)17/h3-5H,6-9H2,1-2H3,(H3,16,17). The largest absolute Gasteiger partial charge is 0.384 e. The fraction of sp³-hybridized carbons (Fsp3) is 0.500. The molecule has 0 saturated carbocycles. The molecular formula is C14H20ClN3S. The highest BCUT2D eigenvalue weighted by atomic mass is 35.5. The molecule has 1 saturated heterocycles. The summed E-state index contributed by atoms with van der Waals surface area (Å²) in [7, 11) is 0. The van der Waals surface area contributed by atoms with Gasteiger partial charge in [-0.3, -0.25) is 5.41 Å². The van der Waals surface area contributed by atoms with Crippen molar-refractivity contribution >= 4 is 34.9 Å². The smallest absolute Gasteiger partial charge is 0.126 e. The second-order valence-electron chi connectivity index (χ2n) is 5.39. The lowest BCUT2D eigenvalue weighted by atomic mass is 10.1. The van der Waals surface area contributed by atoms with Crippen LogP contribution in [0.2, 0.25) is 5.02 Å². The van der Waals surface area contributed by atoms with Crippen LogP contribution in [0.1, 0.15) is 25.8 Å². The van der Waals surface area contributed by atoms with Crippen molar-refractivity contribution in [1.29, 1.82) is 5.41 Å². The van der Waals surface area contributed by atoms with Gasteiger partial charge in [-0.2, -0.15) is 11.8 Å². The van der Waals surface area contributed by atoms with Gasteiger partial charge in [-0.25, -0.2) is 0 Å². The van der Waals surface area contributed by atoms with Gasteiger partial charge in [0.15, 0.2) is 0 Å². The van der Waals surface area contributed by atoms with Gasteiger partial charge in [0.05, 0.1) is 10.6 Å². The Bertz CT molecular complexity index is 488. The van der Waals surface area contributed by atoms with Gasteiger partial charge in [-0.1, -0.05) is 31.5 Å².